The Morgan fingerprint density at radius 1 is 1.25 bits per heavy atom. The first kappa shape index (κ1) is 14.0. The average Bonchev–Trinajstić information content (AvgIpc) is 2.46. The number of hydrogen-bond donors (Lipinski definition) is 1. The van der Waals surface area contributed by atoms with Gasteiger partial charge in [-0.2, -0.15) is 0 Å². The van der Waals surface area contributed by atoms with Crippen molar-refractivity contribution in [3.63, 3.8) is 0 Å². The van der Waals surface area contributed by atoms with Crippen LogP contribution in [-0.4, -0.2) is 4.92 Å². The second kappa shape index (κ2) is 6.16. The molecule has 20 heavy (non-hydrogen) atoms. The smallest absolute Gasteiger partial charge is 0.269 e. The van der Waals surface area contributed by atoms with Gasteiger partial charge in [-0.25, -0.2) is 0 Å². The molecule has 0 saturated heterocycles. The number of nitrogens with two attached hydrogens (primary N) is 1. The van der Waals surface area contributed by atoms with E-state index in [1.165, 1.54) is 12.1 Å². The van der Waals surface area contributed by atoms with E-state index in [4.69, 9.17) is 10.5 Å². The van der Waals surface area contributed by atoms with Crippen molar-refractivity contribution in [2.45, 2.75) is 19.6 Å². The van der Waals surface area contributed by atoms with Gasteiger partial charge in [0.1, 0.15) is 12.4 Å². The summed E-state index contributed by atoms with van der Waals surface area (Å²) in [7, 11) is 0. The first-order chi connectivity index (χ1) is 9.56. The summed E-state index contributed by atoms with van der Waals surface area (Å²) in [5.41, 5.74) is 7.63. The highest BCUT2D eigenvalue weighted by molar-refractivity contribution is 5.34. The predicted octanol–water partition coefficient (Wildman–Crippen LogP) is 3.19. The van der Waals surface area contributed by atoms with Crippen LogP contribution in [0.15, 0.2) is 48.5 Å². The van der Waals surface area contributed by atoms with Crippen molar-refractivity contribution in [1.82, 2.24) is 0 Å². The van der Waals surface area contributed by atoms with Gasteiger partial charge in [-0.1, -0.05) is 24.3 Å². The van der Waals surface area contributed by atoms with Crippen LogP contribution in [0.5, 0.6) is 5.75 Å². The van der Waals surface area contributed by atoms with Gasteiger partial charge in [-0.15, -0.1) is 0 Å². The third kappa shape index (κ3) is 3.55. The van der Waals surface area contributed by atoms with Crippen LogP contribution in [-0.2, 0) is 6.61 Å². The molecule has 104 valence electrons. The van der Waals surface area contributed by atoms with E-state index >= 15 is 0 Å². The van der Waals surface area contributed by atoms with Crippen molar-refractivity contribution in [2.75, 3.05) is 0 Å². The lowest BCUT2D eigenvalue weighted by atomic mass is 10.1. The van der Waals surface area contributed by atoms with Crippen LogP contribution in [0, 0.1) is 10.1 Å². The van der Waals surface area contributed by atoms with E-state index < -0.39 is 4.92 Å². The van der Waals surface area contributed by atoms with Gasteiger partial charge in [-0.05, 0) is 30.2 Å². The molecule has 5 heteroatoms. The molecule has 2 aromatic rings. The summed E-state index contributed by atoms with van der Waals surface area (Å²) < 4.78 is 5.60. The van der Waals surface area contributed by atoms with E-state index in [0.717, 1.165) is 11.1 Å². The molecule has 0 spiro atoms. The maximum absolute atomic E-state index is 10.7. The number of nitrogens with zero attached hydrogens (tertiary/aromatic N) is 1. The van der Waals surface area contributed by atoms with E-state index in [1.807, 2.05) is 31.2 Å². The van der Waals surface area contributed by atoms with Crippen molar-refractivity contribution >= 4 is 5.69 Å². The van der Waals surface area contributed by atoms with Crippen molar-refractivity contribution in [3.05, 3.63) is 69.8 Å². The minimum absolute atomic E-state index is 0.0131. The maximum atomic E-state index is 10.7. The van der Waals surface area contributed by atoms with E-state index in [9.17, 15) is 10.1 Å². The summed E-state index contributed by atoms with van der Waals surface area (Å²) in [4.78, 5) is 10.3. The Morgan fingerprint density at radius 3 is 2.55 bits per heavy atom. The largest absolute Gasteiger partial charge is 0.489 e. The lowest BCUT2D eigenvalue weighted by Gasteiger charge is -2.09. The van der Waals surface area contributed by atoms with Crippen molar-refractivity contribution < 1.29 is 9.66 Å². The molecule has 0 unspecified atom stereocenters. The fourth-order valence-corrected chi connectivity index (χ4v) is 1.79. The molecule has 2 aromatic carbocycles. The fraction of sp³-hybridized carbons (Fsp3) is 0.200. The minimum atomic E-state index is -0.416. The molecular formula is C15H16N2O3. The zero-order chi connectivity index (χ0) is 14.5. The maximum Gasteiger partial charge on any atom is 0.269 e. The molecule has 0 radical (unpaired) electrons. The van der Waals surface area contributed by atoms with Gasteiger partial charge >= 0.3 is 0 Å². The first-order valence-electron chi connectivity index (χ1n) is 6.28. The van der Waals surface area contributed by atoms with Gasteiger partial charge in [0.25, 0.3) is 5.69 Å². The first-order valence-corrected chi connectivity index (χ1v) is 6.28. The zero-order valence-corrected chi connectivity index (χ0v) is 11.2. The van der Waals surface area contributed by atoms with Crippen LogP contribution < -0.4 is 10.5 Å². The van der Waals surface area contributed by atoms with Crippen LogP contribution in [0.25, 0.3) is 0 Å². The zero-order valence-electron chi connectivity index (χ0n) is 11.2. The molecule has 0 heterocycles. The molecule has 0 aliphatic rings. The quantitative estimate of drug-likeness (QED) is 0.669. The number of nitro benzene ring substituents is 1. The monoisotopic (exact) mass is 272 g/mol. The minimum Gasteiger partial charge on any atom is -0.489 e. The Bertz CT molecular complexity index is 594. The highest BCUT2D eigenvalue weighted by Gasteiger charge is 2.06. The standard InChI is InChI=1S/C15H16N2O3/c1-11(16)13-5-7-15(8-6-13)20-10-12-3-2-4-14(9-12)17(18)19/h2-9,11H,10,16H2,1H3/t11-/m0/s1. The molecule has 0 aromatic heterocycles. The number of nitro groups is 1. The van der Waals surface area contributed by atoms with E-state index in [0.29, 0.717) is 12.4 Å². The SMILES string of the molecule is C[C@H](N)c1ccc(OCc2cccc([N+](=O)[O-])c2)cc1. The summed E-state index contributed by atoms with van der Waals surface area (Å²) >= 11 is 0. The molecule has 2 N–H and O–H groups in total. The summed E-state index contributed by atoms with van der Waals surface area (Å²) in [6.45, 7) is 2.21. The Balaban J connectivity index is 2.01. The van der Waals surface area contributed by atoms with E-state index in [-0.39, 0.29) is 11.7 Å². The lowest BCUT2D eigenvalue weighted by Crippen LogP contribution is -2.04. The van der Waals surface area contributed by atoms with E-state index in [2.05, 4.69) is 0 Å². The Labute approximate surface area is 117 Å². The molecule has 0 aliphatic heterocycles. The molecule has 0 bridgehead atoms. The molecule has 0 aliphatic carbocycles. The van der Waals surface area contributed by atoms with Gasteiger partial charge in [-0.3, -0.25) is 10.1 Å². The Morgan fingerprint density at radius 2 is 1.95 bits per heavy atom. The number of rotatable bonds is 5. The lowest BCUT2D eigenvalue weighted by molar-refractivity contribution is -0.384. The summed E-state index contributed by atoms with van der Waals surface area (Å²) in [5, 5.41) is 10.7. The van der Waals surface area contributed by atoms with Crippen LogP contribution in [0.1, 0.15) is 24.1 Å². The molecule has 0 amide bonds. The molecule has 5 nitrogen and oxygen atoms in total. The van der Waals surface area contributed by atoms with Crippen LogP contribution in [0.4, 0.5) is 5.69 Å². The second-order valence-corrected chi connectivity index (χ2v) is 4.57. The van der Waals surface area contributed by atoms with E-state index in [1.54, 1.807) is 12.1 Å². The van der Waals surface area contributed by atoms with Crippen molar-refractivity contribution in [1.29, 1.82) is 0 Å². The Hall–Kier alpha value is -2.40. The normalized spacial score (nSPS) is 11.9. The Kier molecular flexibility index (Phi) is 4.32. The van der Waals surface area contributed by atoms with Gasteiger partial charge in [0, 0.05) is 18.2 Å². The van der Waals surface area contributed by atoms with Gasteiger partial charge in [0.05, 0.1) is 4.92 Å². The second-order valence-electron chi connectivity index (χ2n) is 4.57. The number of hydrogen-bond acceptors (Lipinski definition) is 4. The highest BCUT2D eigenvalue weighted by Crippen LogP contribution is 2.18. The van der Waals surface area contributed by atoms with Gasteiger partial charge in [0.2, 0.25) is 0 Å². The molecular weight excluding hydrogens is 256 g/mol. The molecule has 2 rings (SSSR count). The van der Waals surface area contributed by atoms with Crippen LogP contribution in [0.2, 0.25) is 0 Å². The average molecular weight is 272 g/mol. The summed E-state index contributed by atoms with van der Waals surface area (Å²) in [6, 6.07) is 13.9. The third-order valence-corrected chi connectivity index (χ3v) is 2.93. The summed E-state index contributed by atoms with van der Waals surface area (Å²) in [6.07, 6.45) is 0. The fourth-order valence-electron chi connectivity index (χ4n) is 1.79. The molecule has 1 atom stereocenters. The number of benzene rings is 2. The van der Waals surface area contributed by atoms with Crippen LogP contribution >= 0.6 is 0 Å². The van der Waals surface area contributed by atoms with Gasteiger partial charge in [0.15, 0.2) is 0 Å². The third-order valence-electron chi connectivity index (χ3n) is 2.93. The molecule has 0 saturated carbocycles. The summed E-state index contributed by atoms with van der Waals surface area (Å²) in [5.74, 6) is 0.709. The number of non-ortho nitro benzene ring substituents is 1. The van der Waals surface area contributed by atoms with Crippen molar-refractivity contribution in [3.8, 4) is 5.75 Å². The highest BCUT2D eigenvalue weighted by atomic mass is 16.6. The topological polar surface area (TPSA) is 78.4 Å². The van der Waals surface area contributed by atoms with Crippen molar-refractivity contribution in [2.24, 2.45) is 5.73 Å². The predicted molar refractivity (Wildman–Crippen MR) is 76.5 cm³/mol. The van der Waals surface area contributed by atoms with Crippen LogP contribution in [0.3, 0.4) is 0 Å². The van der Waals surface area contributed by atoms with Gasteiger partial charge < -0.3 is 10.5 Å². The molecule has 0 fully saturated rings. The number of ether oxygens (including phenoxy) is 1.